The van der Waals surface area contributed by atoms with E-state index in [-0.39, 0.29) is 30.1 Å². The zero-order valence-corrected chi connectivity index (χ0v) is 15.2. The number of hydrogen-bond donors (Lipinski definition) is 2. The van der Waals surface area contributed by atoms with Gasteiger partial charge in [-0.2, -0.15) is 0 Å². The van der Waals surface area contributed by atoms with Gasteiger partial charge in [-0.05, 0) is 42.7 Å². The van der Waals surface area contributed by atoms with Crippen molar-refractivity contribution in [3.8, 4) is 0 Å². The molecule has 138 valence electrons. The van der Waals surface area contributed by atoms with Gasteiger partial charge in [0.25, 0.3) is 0 Å². The number of carbonyl (C=O) groups excluding carboxylic acids is 2. The number of ketones is 2. The van der Waals surface area contributed by atoms with Crippen LogP contribution in [0.4, 0.5) is 0 Å². The molecule has 1 aliphatic rings. The van der Waals surface area contributed by atoms with Crippen molar-refractivity contribution in [2.75, 3.05) is 19.6 Å². The summed E-state index contributed by atoms with van der Waals surface area (Å²) in [6.45, 7) is 1.15. The fourth-order valence-electron chi connectivity index (χ4n) is 3.66. The molecule has 27 heavy (non-hydrogen) atoms. The molecule has 5 heteroatoms. The number of benzene rings is 1. The van der Waals surface area contributed by atoms with Crippen LogP contribution in [0.1, 0.15) is 39.4 Å². The molecule has 5 nitrogen and oxygen atoms in total. The van der Waals surface area contributed by atoms with Gasteiger partial charge in [0.1, 0.15) is 0 Å². The second-order valence-corrected chi connectivity index (χ2v) is 7.31. The van der Waals surface area contributed by atoms with Gasteiger partial charge in [-0.3, -0.25) is 14.5 Å². The molecule has 0 bridgehead atoms. The number of nitrogens with one attached hydrogen (secondary N) is 2. The largest absolute Gasteiger partial charge is 0.359 e. The van der Waals surface area contributed by atoms with E-state index in [2.05, 4.69) is 22.1 Å². The molecule has 0 spiro atoms. The highest BCUT2D eigenvalue weighted by Crippen LogP contribution is 2.48. The Bertz CT molecular complexity index is 846. The van der Waals surface area contributed by atoms with Gasteiger partial charge < -0.3 is 9.97 Å². The summed E-state index contributed by atoms with van der Waals surface area (Å²) in [6.07, 6.45) is 5.66. The normalized spacial score (nSPS) is 15.0. The minimum atomic E-state index is 0.00291. The minimum absolute atomic E-state index is 0.00291. The molecular formula is C22H23N3O2. The Kier molecular flexibility index (Phi) is 4.77. The average molecular weight is 361 g/mol. The summed E-state index contributed by atoms with van der Waals surface area (Å²) in [5.74, 6) is 0.00583. The van der Waals surface area contributed by atoms with Crippen LogP contribution in [0, 0.1) is 0 Å². The van der Waals surface area contributed by atoms with Crippen LogP contribution in [0.5, 0.6) is 0 Å². The highest BCUT2D eigenvalue weighted by molar-refractivity contribution is 5.98. The summed E-state index contributed by atoms with van der Waals surface area (Å²) in [5, 5.41) is 0. The Morgan fingerprint density at radius 3 is 1.81 bits per heavy atom. The Balaban J connectivity index is 1.52. The zero-order chi connectivity index (χ0) is 18.7. The standard InChI is InChI=1S/C22H23N3O2/c26-20(18-8-4-12-23-18)14-25(15-21(27)19-9-5-13-24-19)16-22(10-11-22)17-6-2-1-3-7-17/h1-9,12-13,23-24H,10-11,14-16H2. The SMILES string of the molecule is O=C(CN(CC(=O)c1ccc[nH]1)CC1(c2ccccc2)CC1)c1ccc[nH]1. The zero-order valence-electron chi connectivity index (χ0n) is 15.2. The number of rotatable bonds is 9. The van der Waals surface area contributed by atoms with Crippen molar-refractivity contribution >= 4 is 11.6 Å². The highest BCUT2D eigenvalue weighted by atomic mass is 16.1. The van der Waals surface area contributed by atoms with Crippen LogP contribution in [0.2, 0.25) is 0 Å². The summed E-state index contributed by atoms with van der Waals surface area (Å²) >= 11 is 0. The molecule has 1 fully saturated rings. The average Bonchev–Trinajstić information content (AvgIpc) is 3.12. The van der Waals surface area contributed by atoms with E-state index in [0.717, 1.165) is 12.8 Å². The summed E-state index contributed by atoms with van der Waals surface area (Å²) in [4.78, 5) is 33.2. The van der Waals surface area contributed by atoms with Crippen molar-refractivity contribution < 1.29 is 9.59 Å². The maximum atomic E-state index is 12.6. The Hall–Kier alpha value is -2.92. The van der Waals surface area contributed by atoms with Gasteiger partial charge in [0.2, 0.25) is 0 Å². The van der Waals surface area contributed by atoms with Crippen LogP contribution in [-0.2, 0) is 5.41 Å². The van der Waals surface area contributed by atoms with Crippen LogP contribution in [0.25, 0.3) is 0 Å². The molecule has 0 atom stereocenters. The maximum Gasteiger partial charge on any atom is 0.192 e. The monoisotopic (exact) mass is 361 g/mol. The smallest absolute Gasteiger partial charge is 0.192 e. The van der Waals surface area contributed by atoms with E-state index >= 15 is 0 Å². The number of hydrogen-bond acceptors (Lipinski definition) is 3. The highest BCUT2D eigenvalue weighted by Gasteiger charge is 2.45. The lowest BCUT2D eigenvalue weighted by molar-refractivity contribution is 0.0857. The number of carbonyl (C=O) groups is 2. The van der Waals surface area contributed by atoms with Crippen molar-refractivity contribution in [3.63, 3.8) is 0 Å². The van der Waals surface area contributed by atoms with Crippen LogP contribution in [0.15, 0.2) is 67.0 Å². The van der Waals surface area contributed by atoms with Gasteiger partial charge in [0.05, 0.1) is 24.5 Å². The lowest BCUT2D eigenvalue weighted by atomic mass is 9.95. The number of aromatic amines is 2. The number of H-pyrrole nitrogens is 2. The van der Waals surface area contributed by atoms with Crippen molar-refractivity contribution in [1.29, 1.82) is 0 Å². The topological polar surface area (TPSA) is 69.0 Å². The van der Waals surface area contributed by atoms with Crippen molar-refractivity contribution in [2.45, 2.75) is 18.3 Å². The molecule has 0 radical (unpaired) electrons. The second-order valence-electron chi connectivity index (χ2n) is 7.31. The molecule has 3 aromatic rings. The van der Waals surface area contributed by atoms with Crippen LogP contribution in [0.3, 0.4) is 0 Å². The van der Waals surface area contributed by atoms with E-state index in [1.54, 1.807) is 24.5 Å². The van der Waals surface area contributed by atoms with Crippen molar-refractivity contribution in [1.82, 2.24) is 14.9 Å². The summed E-state index contributed by atoms with van der Waals surface area (Å²) in [5.41, 5.74) is 2.50. The van der Waals surface area contributed by atoms with E-state index in [1.165, 1.54) is 5.56 Å². The van der Waals surface area contributed by atoms with Gasteiger partial charge in [0.15, 0.2) is 11.6 Å². The van der Waals surface area contributed by atoms with Gasteiger partial charge in [-0.15, -0.1) is 0 Å². The molecule has 0 amide bonds. The Morgan fingerprint density at radius 1 is 0.815 bits per heavy atom. The van der Waals surface area contributed by atoms with E-state index in [0.29, 0.717) is 17.9 Å². The summed E-state index contributed by atoms with van der Waals surface area (Å²) in [6, 6.07) is 17.6. The number of Topliss-reactive ketones (excluding diaryl/α,β-unsaturated/α-hetero) is 2. The summed E-state index contributed by atoms with van der Waals surface area (Å²) < 4.78 is 0. The first kappa shape index (κ1) is 17.5. The van der Waals surface area contributed by atoms with Gasteiger partial charge in [0, 0.05) is 24.4 Å². The third-order valence-corrected chi connectivity index (χ3v) is 5.30. The quantitative estimate of drug-likeness (QED) is 0.574. The predicted octanol–water partition coefficient (Wildman–Crippen LogP) is 3.44. The first-order valence-corrected chi connectivity index (χ1v) is 9.27. The minimum Gasteiger partial charge on any atom is -0.359 e. The Labute approximate surface area is 158 Å². The maximum absolute atomic E-state index is 12.6. The molecule has 0 unspecified atom stereocenters. The molecule has 0 saturated heterocycles. The predicted molar refractivity (Wildman–Crippen MR) is 104 cm³/mol. The van der Waals surface area contributed by atoms with E-state index in [9.17, 15) is 9.59 Å². The second kappa shape index (κ2) is 7.37. The third kappa shape index (κ3) is 3.93. The first-order valence-electron chi connectivity index (χ1n) is 9.27. The van der Waals surface area contributed by atoms with E-state index < -0.39 is 0 Å². The van der Waals surface area contributed by atoms with Gasteiger partial charge in [-0.1, -0.05) is 30.3 Å². The van der Waals surface area contributed by atoms with Crippen molar-refractivity contribution in [2.24, 2.45) is 0 Å². The van der Waals surface area contributed by atoms with Crippen LogP contribution in [-0.4, -0.2) is 46.1 Å². The van der Waals surface area contributed by atoms with Gasteiger partial charge in [-0.25, -0.2) is 0 Å². The lowest BCUT2D eigenvalue weighted by Gasteiger charge is -2.26. The molecule has 4 rings (SSSR count). The summed E-state index contributed by atoms with van der Waals surface area (Å²) in [7, 11) is 0. The number of aromatic nitrogens is 2. The molecule has 1 aromatic carbocycles. The lowest BCUT2D eigenvalue weighted by Crippen LogP contribution is -2.40. The molecular weight excluding hydrogens is 338 g/mol. The molecule has 1 saturated carbocycles. The van der Waals surface area contributed by atoms with Crippen molar-refractivity contribution in [3.05, 3.63) is 83.9 Å². The molecule has 2 N–H and O–H groups in total. The first-order chi connectivity index (χ1) is 13.2. The van der Waals surface area contributed by atoms with Crippen LogP contribution < -0.4 is 0 Å². The molecule has 2 heterocycles. The molecule has 2 aromatic heterocycles. The fourth-order valence-corrected chi connectivity index (χ4v) is 3.66. The molecule has 0 aliphatic heterocycles. The molecule has 1 aliphatic carbocycles. The van der Waals surface area contributed by atoms with Gasteiger partial charge >= 0.3 is 0 Å². The fraction of sp³-hybridized carbons (Fsp3) is 0.273. The Morgan fingerprint density at radius 2 is 1.37 bits per heavy atom. The third-order valence-electron chi connectivity index (χ3n) is 5.30. The van der Waals surface area contributed by atoms with E-state index in [4.69, 9.17) is 0 Å². The van der Waals surface area contributed by atoms with E-state index in [1.807, 2.05) is 35.2 Å². The van der Waals surface area contributed by atoms with Crippen LogP contribution >= 0.6 is 0 Å². The number of nitrogens with zero attached hydrogens (tertiary/aromatic N) is 1.